The lowest BCUT2D eigenvalue weighted by Crippen LogP contribution is -2.52. The van der Waals surface area contributed by atoms with Gasteiger partial charge in [0.1, 0.15) is 18.3 Å². The molecule has 0 bridgehead atoms. The zero-order chi connectivity index (χ0) is 28.7. The molecule has 0 aliphatic carbocycles. The van der Waals surface area contributed by atoms with Gasteiger partial charge in [0, 0.05) is 45.3 Å². The fraction of sp³-hybridized carbons (Fsp3) is 0.500. The first-order valence-electron chi connectivity index (χ1n) is 14.6. The van der Waals surface area contributed by atoms with Gasteiger partial charge in [-0.3, -0.25) is 29.2 Å². The van der Waals surface area contributed by atoms with Gasteiger partial charge in [0.15, 0.2) is 5.65 Å². The Morgan fingerprint density at radius 3 is 2.66 bits per heavy atom. The molecule has 2 saturated heterocycles. The summed E-state index contributed by atoms with van der Waals surface area (Å²) in [6, 6.07) is 8.37. The summed E-state index contributed by atoms with van der Waals surface area (Å²) in [7, 11) is -1.19. The van der Waals surface area contributed by atoms with Gasteiger partial charge in [0.2, 0.25) is 11.8 Å². The number of amides is 3. The van der Waals surface area contributed by atoms with E-state index >= 15 is 0 Å². The van der Waals surface area contributed by atoms with Crippen LogP contribution in [0.4, 0.5) is 0 Å². The lowest BCUT2D eigenvalue weighted by molar-refractivity contribution is -0.136. The van der Waals surface area contributed by atoms with Crippen LogP contribution in [-0.2, 0) is 34.1 Å². The molecule has 2 fully saturated rings. The summed E-state index contributed by atoms with van der Waals surface area (Å²) in [6.45, 7) is 11.5. The predicted octanol–water partition coefficient (Wildman–Crippen LogP) is 3.77. The number of imidazole rings is 1. The number of nitrogens with zero attached hydrogens (tertiary/aromatic N) is 5. The van der Waals surface area contributed by atoms with E-state index in [4.69, 9.17) is 14.7 Å². The number of benzene rings is 1. The largest absolute Gasteiger partial charge is 0.361 e. The summed E-state index contributed by atoms with van der Waals surface area (Å²) < 4.78 is 8.03. The smallest absolute Gasteiger partial charge is 0.255 e. The van der Waals surface area contributed by atoms with Crippen LogP contribution < -0.4 is 5.32 Å². The first kappa shape index (κ1) is 27.7. The molecular weight excluding hydrogens is 536 g/mol. The number of piperidine rings is 1. The highest BCUT2D eigenvalue weighted by Gasteiger charge is 2.39. The van der Waals surface area contributed by atoms with Crippen molar-refractivity contribution in [1.82, 2.24) is 29.7 Å². The topological polar surface area (TPSA) is 110 Å². The summed E-state index contributed by atoms with van der Waals surface area (Å²) in [6.07, 6.45) is 4.83. The molecule has 0 saturated carbocycles. The third-order valence-electron chi connectivity index (χ3n) is 8.29. The van der Waals surface area contributed by atoms with E-state index in [-0.39, 0.29) is 18.2 Å². The highest BCUT2D eigenvalue weighted by atomic mass is 28.3. The first-order chi connectivity index (χ1) is 19.7. The van der Waals surface area contributed by atoms with Gasteiger partial charge in [-0.25, -0.2) is 9.97 Å². The molecule has 1 unspecified atom stereocenters. The van der Waals surface area contributed by atoms with Crippen LogP contribution in [0, 0.1) is 0 Å². The van der Waals surface area contributed by atoms with Gasteiger partial charge in [-0.1, -0.05) is 25.7 Å². The van der Waals surface area contributed by atoms with Gasteiger partial charge in [-0.15, -0.1) is 0 Å². The molecule has 5 heterocycles. The molecule has 0 radical (unpaired) electrons. The maximum atomic E-state index is 13.2. The van der Waals surface area contributed by atoms with Gasteiger partial charge in [0.05, 0.1) is 12.0 Å². The van der Waals surface area contributed by atoms with E-state index in [1.54, 1.807) is 4.90 Å². The molecule has 3 aliphatic heterocycles. The minimum absolute atomic E-state index is 0.173. The molecule has 3 aliphatic rings. The molecule has 1 aromatic carbocycles. The Bertz CT molecular complexity index is 1510. The van der Waals surface area contributed by atoms with E-state index in [9.17, 15) is 14.4 Å². The van der Waals surface area contributed by atoms with Crippen LogP contribution in [0.1, 0.15) is 47.2 Å². The highest BCUT2D eigenvalue weighted by molar-refractivity contribution is 6.76. The minimum Gasteiger partial charge on any atom is -0.361 e. The molecule has 216 valence electrons. The van der Waals surface area contributed by atoms with E-state index in [0.29, 0.717) is 25.3 Å². The van der Waals surface area contributed by atoms with Crippen LogP contribution in [0.2, 0.25) is 25.7 Å². The van der Waals surface area contributed by atoms with Crippen molar-refractivity contribution >= 4 is 37.0 Å². The van der Waals surface area contributed by atoms with Gasteiger partial charge in [-0.05, 0) is 67.7 Å². The zero-order valence-electron chi connectivity index (χ0n) is 24.1. The molecule has 2 aromatic heterocycles. The molecule has 1 atom stereocenters. The van der Waals surface area contributed by atoms with E-state index in [1.165, 1.54) is 12.8 Å². The molecule has 11 heteroatoms. The molecule has 6 rings (SSSR count). The van der Waals surface area contributed by atoms with Crippen LogP contribution in [0.5, 0.6) is 0 Å². The second-order valence-electron chi connectivity index (χ2n) is 12.7. The summed E-state index contributed by atoms with van der Waals surface area (Å²) in [5.41, 5.74) is 6.03. The summed E-state index contributed by atoms with van der Waals surface area (Å²) in [5.74, 6) is -0.862. The number of fused-ring (bicyclic) bond motifs is 2. The molecule has 3 amide bonds. The molecule has 0 spiro atoms. The Kier molecular flexibility index (Phi) is 7.52. The van der Waals surface area contributed by atoms with Crippen LogP contribution in [0.25, 0.3) is 22.4 Å². The van der Waals surface area contributed by atoms with Gasteiger partial charge in [0.25, 0.3) is 5.91 Å². The number of carbonyl (C=O) groups excluding carboxylic acids is 3. The number of rotatable bonds is 9. The van der Waals surface area contributed by atoms with E-state index in [2.05, 4.69) is 35.9 Å². The SMILES string of the molecule is C[Si](C)(C)CCOCn1cnc2c(CN3CCCC3)cc(-c3ccc4c(c3)CN(C3CCC(=O)NC3=O)C4=O)nc21. The number of ether oxygens (including phenoxy) is 1. The molecule has 10 nitrogen and oxygen atoms in total. The number of nitrogens with one attached hydrogen (secondary N) is 1. The van der Waals surface area contributed by atoms with Crippen molar-refractivity contribution in [3.8, 4) is 11.3 Å². The Hall–Kier alpha value is -3.41. The lowest BCUT2D eigenvalue weighted by Gasteiger charge is -2.29. The van der Waals surface area contributed by atoms with Crippen molar-refractivity contribution in [2.24, 2.45) is 0 Å². The number of imide groups is 1. The van der Waals surface area contributed by atoms with E-state index < -0.39 is 20.0 Å². The van der Waals surface area contributed by atoms with Crippen LogP contribution in [-0.4, -0.2) is 75.9 Å². The fourth-order valence-electron chi connectivity index (χ4n) is 5.92. The number of carbonyl (C=O) groups is 3. The fourth-order valence-corrected chi connectivity index (χ4v) is 6.68. The van der Waals surface area contributed by atoms with E-state index in [0.717, 1.165) is 65.8 Å². The third-order valence-corrected chi connectivity index (χ3v) is 9.99. The van der Waals surface area contributed by atoms with Crippen molar-refractivity contribution < 1.29 is 19.1 Å². The Labute approximate surface area is 241 Å². The van der Waals surface area contributed by atoms with Crippen molar-refractivity contribution in [1.29, 1.82) is 0 Å². The number of hydrogen-bond acceptors (Lipinski definition) is 7. The number of aromatic nitrogens is 3. The van der Waals surface area contributed by atoms with Gasteiger partial charge in [-0.2, -0.15) is 0 Å². The van der Waals surface area contributed by atoms with E-state index in [1.807, 2.05) is 29.1 Å². The average Bonchev–Trinajstić information content (AvgIpc) is 3.66. The molecule has 41 heavy (non-hydrogen) atoms. The molecule has 3 aromatic rings. The van der Waals surface area contributed by atoms with Crippen LogP contribution in [0.15, 0.2) is 30.6 Å². The van der Waals surface area contributed by atoms with Crippen molar-refractivity contribution in [3.63, 3.8) is 0 Å². The number of pyridine rings is 1. The summed E-state index contributed by atoms with van der Waals surface area (Å²) >= 11 is 0. The summed E-state index contributed by atoms with van der Waals surface area (Å²) in [5, 5.41) is 2.37. The normalized spacial score (nSPS) is 19.8. The quantitative estimate of drug-likeness (QED) is 0.235. The summed E-state index contributed by atoms with van der Waals surface area (Å²) in [4.78, 5) is 51.2. The predicted molar refractivity (Wildman–Crippen MR) is 158 cm³/mol. The standard InChI is InChI=1S/C30H38N6O4Si/c1-41(2,3)13-12-40-19-35-18-31-27-22(16-34-10-4-5-11-34)15-24(32-28(27)35)20-6-7-23-21(14-20)17-36(30(23)39)25-8-9-26(37)33-29(25)38/h6-7,14-15,18,25H,4-5,8-13,16-17,19H2,1-3H3,(H,33,37,38). The number of hydrogen-bond donors (Lipinski definition) is 1. The second kappa shape index (κ2) is 11.1. The molecule has 1 N–H and O–H groups in total. The third kappa shape index (κ3) is 5.84. The Balaban J connectivity index is 1.30. The van der Waals surface area contributed by atoms with Crippen LogP contribution in [0.3, 0.4) is 0 Å². The average molecular weight is 575 g/mol. The first-order valence-corrected chi connectivity index (χ1v) is 18.3. The van der Waals surface area contributed by atoms with Crippen molar-refractivity contribution in [2.75, 3.05) is 19.7 Å². The van der Waals surface area contributed by atoms with Gasteiger partial charge < -0.3 is 9.64 Å². The Morgan fingerprint density at radius 2 is 1.90 bits per heavy atom. The Morgan fingerprint density at radius 1 is 1.10 bits per heavy atom. The maximum Gasteiger partial charge on any atom is 0.255 e. The minimum atomic E-state index is -1.19. The maximum absolute atomic E-state index is 13.2. The van der Waals surface area contributed by atoms with Crippen LogP contribution >= 0.6 is 0 Å². The number of likely N-dealkylation sites (tertiary alicyclic amines) is 1. The van der Waals surface area contributed by atoms with Crippen molar-refractivity contribution in [2.45, 2.75) is 77.2 Å². The van der Waals surface area contributed by atoms with Gasteiger partial charge >= 0.3 is 0 Å². The monoisotopic (exact) mass is 574 g/mol. The molecular formula is C30H38N6O4Si. The van der Waals surface area contributed by atoms with Crippen molar-refractivity contribution in [3.05, 3.63) is 47.3 Å². The second-order valence-corrected chi connectivity index (χ2v) is 18.3. The highest BCUT2D eigenvalue weighted by Crippen LogP contribution is 2.32. The zero-order valence-corrected chi connectivity index (χ0v) is 25.1. The lowest BCUT2D eigenvalue weighted by atomic mass is 10.0.